The number of carbonyl (C=O) groups excluding carboxylic acids is 1. The molecule has 1 aliphatic heterocycles. The van der Waals surface area contributed by atoms with Gasteiger partial charge in [0.2, 0.25) is 0 Å². The Morgan fingerprint density at radius 3 is 2.32 bits per heavy atom. The Labute approximate surface area is 116 Å². The molecule has 0 atom stereocenters. The normalized spacial score (nSPS) is 23.9. The monoisotopic (exact) mass is 268 g/mol. The van der Waals surface area contributed by atoms with Gasteiger partial charge in [0.15, 0.2) is 0 Å². The molecule has 4 nitrogen and oxygen atoms in total. The fourth-order valence-corrected chi connectivity index (χ4v) is 3.06. The summed E-state index contributed by atoms with van der Waals surface area (Å²) in [7, 11) is 0. The van der Waals surface area contributed by atoms with Gasteiger partial charge in [0.25, 0.3) is 0 Å². The van der Waals surface area contributed by atoms with Crippen LogP contribution in [0, 0.1) is 5.92 Å². The van der Waals surface area contributed by atoms with Gasteiger partial charge in [-0.25, -0.2) is 4.79 Å². The maximum Gasteiger partial charge on any atom is 0.410 e. The number of piperidine rings is 1. The molecule has 0 unspecified atom stereocenters. The third-order valence-corrected chi connectivity index (χ3v) is 4.31. The van der Waals surface area contributed by atoms with Gasteiger partial charge in [-0.15, -0.1) is 0 Å². The molecule has 4 heteroatoms. The molecule has 1 saturated carbocycles. The summed E-state index contributed by atoms with van der Waals surface area (Å²) in [5.74, 6) is 0.684. The number of nitrogens with two attached hydrogens (primary N) is 1. The molecule has 0 aromatic heterocycles. The average Bonchev–Trinajstić information content (AvgIpc) is 2.25. The second-order valence-electron chi connectivity index (χ2n) is 7.33. The molecular weight excluding hydrogens is 240 g/mol. The Balaban J connectivity index is 1.74. The van der Waals surface area contributed by atoms with Crippen molar-refractivity contribution in [3.05, 3.63) is 0 Å². The van der Waals surface area contributed by atoms with E-state index in [1.165, 1.54) is 19.3 Å². The maximum absolute atomic E-state index is 12.0. The first-order valence-electron chi connectivity index (χ1n) is 7.54. The van der Waals surface area contributed by atoms with E-state index < -0.39 is 5.60 Å². The lowest BCUT2D eigenvalue weighted by atomic mass is 9.70. The van der Waals surface area contributed by atoms with Crippen LogP contribution in [0.1, 0.15) is 59.3 Å². The van der Waals surface area contributed by atoms with Crippen LogP contribution >= 0.6 is 0 Å². The number of rotatable bonds is 2. The SMILES string of the molecule is CC(C)(C)OC(=O)N1CCC(CC2(N)CCC2)CC1. The second kappa shape index (κ2) is 5.31. The van der Waals surface area contributed by atoms with Crippen LogP contribution < -0.4 is 5.73 Å². The molecule has 19 heavy (non-hydrogen) atoms. The summed E-state index contributed by atoms with van der Waals surface area (Å²) in [5, 5.41) is 0. The third kappa shape index (κ3) is 4.10. The van der Waals surface area contributed by atoms with Crippen molar-refractivity contribution in [2.24, 2.45) is 11.7 Å². The molecule has 0 radical (unpaired) electrons. The molecule has 1 heterocycles. The molecule has 2 rings (SSSR count). The van der Waals surface area contributed by atoms with Gasteiger partial charge in [0.05, 0.1) is 0 Å². The van der Waals surface area contributed by atoms with Crippen LogP contribution in [0.25, 0.3) is 0 Å². The van der Waals surface area contributed by atoms with Crippen LogP contribution in [-0.4, -0.2) is 35.2 Å². The van der Waals surface area contributed by atoms with Crippen molar-refractivity contribution in [3.63, 3.8) is 0 Å². The summed E-state index contributed by atoms with van der Waals surface area (Å²) in [6.07, 6.45) is 6.74. The number of amides is 1. The van der Waals surface area contributed by atoms with Crippen LogP contribution in [-0.2, 0) is 4.74 Å². The molecule has 2 fully saturated rings. The largest absolute Gasteiger partial charge is 0.444 e. The van der Waals surface area contributed by atoms with Gasteiger partial charge in [0.1, 0.15) is 5.60 Å². The molecule has 2 aliphatic rings. The summed E-state index contributed by atoms with van der Waals surface area (Å²) in [4.78, 5) is 13.8. The molecule has 0 bridgehead atoms. The van der Waals surface area contributed by atoms with E-state index in [2.05, 4.69) is 0 Å². The Morgan fingerprint density at radius 2 is 1.89 bits per heavy atom. The third-order valence-electron chi connectivity index (χ3n) is 4.31. The van der Waals surface area contributed by atoms with Crippen molar-refractivity contribution >= 4 is 6.09 Å². The quantitative estimate of drug-likeness (QED) is 0.837. The fraction of sp³-hybridized carbons (Fsp3) is 0.933. The highest BCUT2D eigenvalue weighted by Gasteiger charge is 2.36. The van der Waals surface area contributed by atoms with Gasteiger partial charge >= 0.3 is 6.09 Å². The number of nitrogens with zero attached hydrogens (tertiary/aromatic N) is 1. The van der Waals surface area contributed by atoms with E-state index in [0.717, 1.165) is 32.4 Å². The number of ether oxygens (including phenoxy) is 1. The van der Waals surface area contributed by atoms with E-state index >= 15 is 0 Å². The van der Waals surface area contributed by atoms with Crippen LogP contribution in [0.15, 0.2) is 0 Å². The molecular formula is C15H28N2O2. The molecule has 1 aliphatic carbocycles. The standard InChI is InChI=1S/C15H28N2O2/c1-14(2,3)19-13(18)17-9-5-12(6-10-17)11-15(16)7-4-8-15/h12H,4-11,16H2,1-3H3. The Hall–Kier alpha value is -0.770. The first kappa shape index (κ1) is 14.6. The molecule has 2 N–H and O–H groups in total. The van der Waals surface area contributed by atoms with Gasteiger partial charge in [-0.1, -0.05) is 0 Å². The van der Waals surface area contributed by atoms with Crippen molar-refractivity contribution in [1.82, 2.24) is 4.90 Å². The molecule has 0 aromatic rings. The predicted molar refractivity (Wildman–Crippen MR) is 75.9 cm³/mol. The zero-order valence-corrected chi connectivity index (χ0v) is 12.6. The topological polar surface area (TPSA) is 55.6 Å². The maximum atomic E-state index is 12.0. The van der Waals surface area contributed by atoms with Crippen molar-refractivity contribution < 1.29 is 9.53 Å². The number of hydrogen-bond acceptors (Lipinski definition) is 3. The summed E-state index contributed by atoms with van der Waals surface area (Å²) in [6, 6.07) is 0. The second-order valence-corrected chi connectivity index (χ2v) is 7.33. The van der Waals surface area contributed by atoms with Crippen molar-refractivity contribution in [2.75, 3.05) is 13.1 Å². The summed E-state index contributed by atoms with van der Waals surface area (Å²) in [5.41, 5.74) is 6.01. The number of likely N-dealkylation sites (tertiary alicyclic amines) is 1. The molecule has 0 aromatic carbocycles. The van der Waals surface area contributed by atoms with E-state index in [9.17, 15) is 4.79 Å². The van der Waals surface area contributed by atoms with Gasteiger partial charge in [0, 0.05) is 18.6 Å². The number of hydrogen-bond donors (Lipinski definition) is 1. The first-order chi connectivity index (χ1) is 8.77. The van der Waals surface area contributed by atoms with Gasteiger partial charge in [-0.05, 0) is 65.2 Å². The minimum absolute atomic E-state index is 0.110. The minimum Gasteiger partial charge on any atom is -0.444 e. The molecule has 0 spiro atoms. The van der Waals surface area contributed by atoms with Gasteiger partial charge in [-0.2, -0.15) is 0 Å². The Bertz CT molecular complexity index is 324. The smallest absolute Gasteiger partial charge is 0.410 e. The van der Waals surface area contributed by atoms with Gasteiger partial charge < -0.3 is 15.4 Å². The summed E-state index contributed by atoms with van der Waals surface area (Å²) < 4.78 is 5.41. The summed E-state index contributed by atoms with van der Waals surface area (Å²) in [6.45, 7) is 7.36. The highest BCUT2D eigenvalue weighted by Crippen LogP contribution is 2.37. The molecule has 1 amide bonds. The van der Waals surface area contributed by atoms with Crippen LogP contribution in [0.5, 0.6) is 0 Å². The summed E-state index contributed by atoms with van der Waals surface area (Å²) >= 11 is 0. The van der Waals surface area contributed by atoms with E-state index in [0.29, 0.717) is 5.92 Å². The first-order valence-corrected chi connectivity index (χ1v) is 7.54. The van der Waals surface area contributed by atoms with E-state index in [4.69, 9.17) is 10.5 Å². The van der Waals surface area contributed by atoms with E-state index in [1.54, 1.807) is 0 Å². The van der Waals surface area contributed by atoms with Crippen LogP contribution in [0.3, 0.4) is 0 Å². The Kier molecular flexibility index (Phi) is 4.09. The molecule has 110 valence electrons. The zero-order valence-electron chi connectivity index (χ0n) is 12.6. The van der Waals surface area contributed by atoms with Crippen LogP contribution in [0.4, 0.5) is 4.79 Å². The highest BCUT2D eigenvalue weighted by molar-refractivity contribution is 5.68. The number of carbonyl (C=O) groups is 1. The molecule has 1 saturated heterocycles. The Morgan fingerprint density at radius 1 is 1.32 bits per heavy atom. The average molecular weight is 268 g/mol. The van der Waals surface area contributed by atoms with Crippen molar-refractivity contribution in [2.45, 2.75) is 70.4 Å². The highest BCUT2D eigenvalue weighted by atomic mass is 16.6. The lowest BCUT2D eigenvalue weighted by Crippen LogP contribution is -2.49. The van der Waals surface area contributed by atoms with Crippen LogP contribution in [0.2, 0.25) is 0 Å². The van der Waals surface area contributed by atoms with Crippen molar-refractivity contribution in [1.29, 1.82) is 0 Å². The predicted octanol–water partition coefficient (Wildman–Crippen LogP) is 2.91. The minimum atomic E-state index is -0.402. The van der Waals surface area contributed by atoms with Crippen molar-refractivity contribution in [3.8, 4) is 0 Å². The lowest BCUT2D eigenvalue weighted by Gasteiger charge is -2.43. The fourth-order valence-electron chi connectivity index (χ4n) is 3.06. The zero-order chi connectivity index (χ0) is 14.1. The lowest BCUT2D eigenvalue weighted by molar-refractivity contribution is 0.0165. The van der Waals surface area contributed by atoms with E-state index in [-0.39, 0.29) is 11.6 Å². The van der Waals surface area contributed by atoms with Gasteiger partial charge in [-0.3, -0.25) is 0 Å². The van der Waals surface area contributed by atoms with E-state index in [1.807, 2.05) is 25.7 Å².